The van der Waals surface area contributed by atoms with E-state index in [9.17, 15) is 9.59 Å². The molecule has 1 aromatic rings. The summed E-state index contributed by atoms with van der Waals surface area (Å²) in [5.41, 5.74) is 1.17. The van der Waals surface area contributed by atoms with Crippen LogP contribution in [0.25, 0.3) is 0 Å². The number of hydrogen-bond acceptors (Lipinski definition) is 3. The van der Waals surface area contributed by atoms with Crippen molar-refractivity contribution in [1.82, 2.24) is 0 Å². The predicted molar refractivity (Wildman–Crippen MR) is 71.0 cm³/mol. The zero-order chi connectivity index (χ0) is 13.7. The van der Waals surface area contributed by atoms with Gasteiger partial charge in [0.2, 0.25) is 0 Å². The lowest BCUT2D eigenvalue weighted by atomic mass is 10.1. The Bertz CT molecular complexity index is 499. The van der Waals surface area contributed by atoms with E-state index in [0.717, 1.165) is 0 Å². The van der Waals surface area contributed by atoms with E-state index in [1.165, 1.54) is 12.1 Å². The van der Waals surface area contributed by atoms with Crippen molar-refractivity contribution in [3.63, 3.8) is 0 Å². The number of benzene rings is 1. The second kappa shape index (κ2) is 6.20. The zero-order valence-electron chi connectivity index (χ0n) is 9.70. The highest BCUT2D eigenvalue weighted by molar-refractivity contribution is 9.10. The number of ether oxygens (including phenoxy) is 1. The van der Waals surface area contributed by atoms with Crippen LogP contribution in [0.4, 0.5) is 10.5 Å². The highest BCUT2D eigenvalue weighted by Crippen LogP contribution is 2.26. The Hall–Kier alpha value is -1.82. The summed E-state index contributed by atoms with van der Waals surface area (Å²) in [5, 5.41) is 11.4. The molecule has 0 saturated heterocycles. The number of amides is 1. The van der Waals surface area contributed by atoms with Gasteiger partial charge in [-0.05, 0) is 40.5 Å². The molecule has 0 aromatic heterocycles. The summed E-state index contributed by atoms with van der Waals surface area (Å²) in [6, 6.07) is 2.99. The van der Waals surface area contributed by atoms with E-state index in [-0.39, 0.29) is 12.2 Å². The minimum Gasteiger partial charge on any atom is -0.478 e. The van der Waals surface area contributed by atoms with Crippen LogP contribution in [0.15, 0.2) is 29.3 Å². The van der Waals surface area contributed by atoms with Crippen LogP contribution in [0.2, 0.25) is 0 Å². The van der Waals surface area contributed by atoms with Gasteiger partial charge in [-0.1, -0.05) is 12.7 Å². The van der Waals surface area contributed by atoms with E-state index in [4.69, 9.17) is 9.84 Å². The lowest BCUT2D eigenvalue weighted by Crippen LogP contribution is -2.14. The molecule has 0 aliphatic rings. The maximum absolute atomic E-state index is 11.3. The van der Waals surface area contributed by atoms with Gasteiger partial charge < -0.3 is 9.84 Å². The molecule has 6 heteroatoms. The SMILES string of the molecule is C=CCOC(=O)Nc1cc(C)c(C(=O)O)cc1Br. The van der Waals surface area contributed by atoms with Crippen molar-refractivity contribution >= 4 is 33.7 Å². The van der Waals surface area contributed by atoms with Crippen molar-refractivity contribution in [3.8, 4) is 0 Å². The average molecular weight is 314 g/mol. The molecule has 0 spiro atoms. The molecule has 5 nitrogen and oxygen atoms in total. The Morgan fingerprint density at radius 1 is 1.56 bits per heavy atom. The summed E-state index contributed by atoms with van der Waals surface area (Å²) < 4.78 is 5.24. The molecule has 0 unspecified atom stereocenters. The Labute approximate surface area is 113 Å². The number of carboxylic acids is 1. The molecule has 0 radical (unpaired) electrons. The lowest BCUT2D eigenvalue weighted by molar-refractivity contribution is 0.0696. The molecule has 0 aliphatic carbocycles. The molecule has 0 atom stereocenters. The molecule has 1 amide bonds. The first-order valence-electron chi connectivity index (χ1n) is 5.03. The van der Waals surface area contributed by atoms with E-state index in [2.05, 4.69) is 27.8 Å². The number of aryl methyl sites for hydroxylation is 1. The molecule has 0 heterocycles. The Kier molecular flexibility index (Phi) is 4.91. The molecule has 18 heavy (non-hydrogen) atoms. The van der Waals surface area contributed by atoms with Gasteiger partial charge in [0.15, 0.2) is 0 Å². The normalized spacial score (nSPS) is 9.67. The van der Waals surface area contributed by atoms with Crippen LogP contribution >= 0.6 is 15.9 Å². The summed E-state index contributed by atoms with van der Waals surface area (Å²) in [5.74, 6) is -1.02. The molecule has 1 aromatic carbocycles. The molecular formula is C12H12BrNO4. The number of nitrogens with one attached hydrogen (secondary N) is 1. The van der Waals surface area contributed by atoms with E-state index in [1.807, 2.05) is 0 Å². The molecule has 0 fully saturated rings. The topological polar surface area (TPSA) is 75.6 Å². The van der Waals surface area contributed by atoms with Gasteiger partial charge in [-0.3, -0.25) is 5.32 Å². The number of rotatable bonds is 4. The van der Waals surface area contributed by atoms with Crippen LogP contribution in [0.5, 0.6) is 0 Å². The van der Waals surface area contributed by atoms with Gasteiger partial charge in [-0.2, -0.15) is 0 Å². The third-order valence-electron chi connectivity index (χ3n) is 2.11. The third-order valence-corrected chi connectivity index (χ3v) is 2.77. The van der Waals surface area contributed by atoms with Gasteiger partial charge in [0.1, 0.15) is 6.61 Å². The van der Waals surface area contributed by atoms with Crippen molar-refractivity contribution in [2.45, 2.75) is 6.92 Å². The van der Waals surface area contributed by atoms with Gasteiger partial charge in [0.25, 0.3) is 0 Å². The molecule has 96 valence electrons. The van der Waals surface area contributed by atoms with E-state index in [1.54, 1.807) is 13.0 Å². The van der Waals surface area contributed by atoms with Crippen LogP contribution in [-0.4, -0.2) is 23.8 Å². The second-order valence-electron chi connectivity index (χ2n) is 3.46. The van der Waals surface area contributed by atoms with Crippen LogP contribution in [0, 0.1) is 6.92 Å². The number of anilines is 1. The largest absolute Gasteiger partial charge is 0.478 e. The number of carbonyl (C=O) groups is 2. The van der Waals surface area contributed by atoms with E-state index < -0.39 is 12.1 Å². The van der Waals surface area contributed by atoms with E-state index in [0.29, 0.717) is 15.7 Å². The maximum Gasteiger partial charge on any atom is 0.411 e. The summed E-state index contributed by atoms with van der Waals surface area (Å²) in [7, 11) is 0. The summed E-state index contributed by atoms with van der Waals surface area (Å²) >= 11 is 3.19. The molecule has 1 rings (SSSR count). The smallest absolute Gasteiger partial charge is 0.411 e. The zero-order valence-corrected chi connectivity index (χ0v) is 11.3. The highest BCUT2D eigenvalue weighted by Gasteiger charge is 2.13. The van der Waals surface area contributed by atoms with Crippen molar-refractivity contribution in [2.24, 2.45) is 0 Å². The van der Waals surface area contributed by atoms with Crippen LogP contribution in [-0.2, 0) is 4.74 Å². The number of halogens is 1. The van der Waals surface area contributed by atoms with Crippen LogP contribution < -0.4 is 5.32 Å². The monoisotopic (exact) mass is 313 g/mol. The lowest BCUT2D eigenvalue weighted by Gasteiger charge is -2.10. The Morgan fingerprint density at radius 2 is 2.22 bits per heavy atom. The molecule has 0 aliphatic heterocycles. The van der Waals surface area contributed by atoms with E-state index >= 15 is 0 Å². The number of carboxylic acid groups (broad SMARTS) is 1. The van der Waals surface area contributed by atoms with Crippen molar-refractivity contribution in [3.05, 3.63) is 40.4 Å². The van der Waals surface area contributed by atoms with Crippen LogP contribution in [0.1, 0.15) is 15.9 Å². The predicted octanol–water partition coefficient (Wildman–Crippen LogP) is 3.19. The van der Waals surface area contributed by atoms with Gasteiger partial charge in [-0.15, -0.1) is 0 Å². The Balaban J connectivity index is 2.91. The molecule has 0 bridgehead atoms. The number of aromatic carboxylic acids is 1. The fourth-order valence-electron chi connectivity index (χ4n) is 1.29. The number of hydrogen-bond donors (Lipinski definition) is 2. The van der Waals surface area contributed by atoms with Gasteiger partial charge in [0.05, 0.1) is 11.3 Å². The Morgan fingerprint density at radius 3 is 2.78 bits per heavy atom. The van der Waals surface area contributed by atoms with Gasteiger partial charge in [-0.25, -0.2) is 9.59 Å². The van der Waals surface area contributed by atoms with Gasteiger partial charge >= 0.3 is 12.1 Å². The third kappa shape index (κ3) is 3.59. The first-order chi connectivity index (χ1) is 8.45. The first-order valence-corrected chi connectivity index (χ1v) is 5.83. The first kappa shape index (κ1) is 14.2. The quantitative estimate of drug-likeness (QED) is 0.837. The summed E-state index contributed by atoms with van der Waals surface area (Å²) in [6.45, 7) is 5.18. The minimum absolute atomic E-state index is 0.107. The fourth-order valence-corrected chi connectivity index (χ4v) is 1.73. The molecule has 2 N–H and O–H groups in total. The van der Waals surface area contributed by atoms with Crippen molar-refractivity contribution in [1.29, 1.82) is 0 Å². The highest BCUT2D eigenvalue weighted by atomic mass is 79.9. The maximum atomic E-state index is 11.3. The van der Waals surface area contributed by atoms with Crippen molar-refractivity contribution in [2.75, 3.05) is 11.9 Å². The standard InChI is InChI=1S/C12H12BrNO4/c1-3-4-18-12(17)14-10-5-7(2)8(11(15)16)6-9(10)13/h3,5-6H,1,4H2,2H3,(H,14,17)(H,15,16). The van der Waals surface area contributed by atoms with Gasteiger partial charge in [0, 0.05) is 4.47 Å². The summed E-state index contributed by atoms with van der Waals surface area (Å²) in [4.78, 5) is 22.2. The van der Waals surface area contributed by atoms with Crippen molar-refractivity contribution < 1.29 is 19.4 Å². The molecule has 0 saturated carbocycles. The summed E-state index contributed by atoms with van der Waals surface area (Å²) in [6.07, 6.45) is 0.825. The molecular weight excluding hydrogens is 302 g/mol. The minimum atomic E-state index is -1.02. The number of carbonyl (C=O) groups excluding carboxylic acids is 1. The average Bonchev–Trinajstić information content (AvgIpc) is 2.30. The fraction of sp³-hybridized carbons (Fsp3) is 0.167. The van der Waals surface area contributed by atoms with Crippen LogP contribution in [0.3, 0.4) is 0 Å². The second-order valence-corrected chi connectivity index (χ2v) is 4.32.